The summed E-state index contributed by atoms with van der Waals surface area (Å²) in [5, 5.41) is 3.75. The summed E-state index contributed by atoms with van der Waals surface area (Å²) in [5.41, 5.74) is 9.45. The number of rotatable bonds is 2. The van der Waals surface area contributed by atoms with Crippen molar-refractivity contribution in [2.75, 3.05) is 11.1 Å². The van der Waals surface area contributed by atoms with Crippen molar-refractivity contribution in [1.82, 2.24) is 9.97 Å². The zero-order valence-corrected chi connectivity index (χ0v) is 11.0. The first kappa shape index (κ1) is 12.2. The number of carbonyl (C=O) groups is 1. The van der Waals surface area contributed by atoms with Crippen LogP contribution in [0.5, 0.6) is 0 Å². The molecule has 0 saturated heterocycles. The van der Waals surface area contributed by atoms with Crippen molar-refractivity contribution in [3.05, 3.63) is 54.0 Å². The van der Waals surface area contributed by atoms with E-state index in [1.54, 1.807) is 24.5 Å². The summed E-state index contributed by atoms with van der Waals surface area (Å²) in [5.74, 6) is -0.198. The predicted octanol–water partition coefficient (Wildman–Crippen LogP) is 2.71. The number of amides is 1. The van der Waals surface area contributed by atoms with Crippen LogP contribution in [-0.2, 0) is 0 Å². The Morgan fingerprint density at radius 2 is 2.15 bits per heavy atom. The van der Waals surface area contributed by atoms with E-state index in [4.69, 9.17) is 5.73 Å². The lowest BCUT2D eigenvalue weighted by atomic mass is 10.2. The molecule has 3 aromatic rings. The van der Waals surface area contributed by atoms with Crippen LogP contribution in [0, 0.1) is 6.92 Å². The molecule has 3 rings (SSSR count). The number of aromatic amines is 1. The van der Waals surface area contributed by atoms with Gasteiger partial charge in [-0.1, -0.05) is 0 Å². The Morgan fingerprint density at radius 1 is 1.30 bits per heavy atom. The van der Waals surface area contributed by atoms with E-state index >= 15 is 0 Å². The fourth-order valence-electron chi connectivity index (χ4n) is 2.06. The quantitative estimate of drug-likeness (QED) is 0.623. The van der Waals surface area contributed by atoms with Crippen LogP contribution < -0.4 is 11.1 Å². The highest BCUT2D eigenvalue weighted by Crippen LogP contribution is 2.19. The number of pyridine rings is 1. The van der Waals surface area contributed by atoms with Gasteiger partial charge in [0.05, 0.1) is 11.9 Å². The fraction of sp³-hybridized carbons (Fsp3) is 0.0667. The van der Waals surface area contributed by atoms with Gasteiger partial charge in [0.1, 0.15) is 5.69 Å². The summed E-state index contributed by atoms with van der Waals surface area (Å²) in [7, 11) is 0. The van der Waals surface area contributed by atoms with Crippen molar-refractivity contribution in [3.8, 4) is 0 Å². The fourth-order valence-corrected chi connectivity index (χ4v) is 2.06. The second kappa shape index (κ2) is 4.70. The second-order valence-electron chi connectivity index (χ2n) is 4.67. The average Bonchev–Trinajstić information content (AvgIpc) is 2.84. The number of aryl methyl sites for hydroxylation is 1. The van der Waals surface area contributed by atoms with E-state index in [9.17, 15) is 4.79 Å². The Bertz CT molecular complexity index is 791. The summed E-state index contributed by atoms with van der Waals surface area (Å²) in [6.07, 6.45) is 3.32. The molecule has 5 heteroatoms. The third-order valence-electron chi connectivity index (χ3n) is 3.18. The molecule has 0 aliphatic heterocycles. The lowest BCUT2D eigenvalue weighted by Gasteiger charge is -2.05. The summed E-state index contributed by atoms with van der Waals surface area (Å²) in [6, 6.07) is 9.12. The molecule has 1 aromatic carbocycles. The molecule has 20 heavy (non-hydrogen) atoms. The van der Waals surface area contributed by atoms with Crippen molar-refractivity contribution in [3.63, 3.8) is 0 Å². The van der Waals surface area contributed by atoms with E-state index in [1.807, 2.05) is 25.1 Å². The molecule has 0 radical (unpaired) electrons. The third kappa shape index (κ3) is 2.21. The van der Waals surface area contributed by atoms with E-state index in [1.165, 1.54) is 0 Å². The van der Waals surface area contributed by atoms with Crippen LogP contribution in [0.3, 0.4) is 0 Å². The minimum absolute atomic E-state index is 0.198. The average molecular weight is 266 g/mol. The highest BCUT2D eigenvalue weighted by Gasteiger charge is 2.11. The Morgan fingerprint density at radius 3 is 2.95 bits per heavy atom. The molecule has 0 bridgehead atoms. The second-order valence-corrected chi connectivity index (χ2v) is 4.67. The Labute approximate surface area is 115 Å². The minimum Gasteiger partial charge on any atom is -0.399 e. The molecular formula is C15H14N4O. The minimum atomic E-state index is -0.198. The SMILES string of the molecule is Cc1ccncc1NC(=O)c1cc2cc(N)ccc2[nH]1. The smallest absolute Gasteiger partial charge is 0.272 e. The molecule has 0 aliphatic rings. The number of aromatic nitrogens is 2. The van der Waals surface area contributed by atoms with E-state index < -0.39 is 0 Å². The van der Waals surface area contributed by atoms with Crippen molar-refractivity contribution >= 4 is 28.2 Å². The van der Waals surface area contributed by atoms with Gasteiger partial charge in [-0.15, -0.1) is 0 Å². The molecule has 2 aromatic heterocycles. The number of H-pyrrole nitrogens is 1. The summed E-state index contributed by atoms with van der Waals surface area (Å²) < 4.78 is 0. The molecule has 0 saturated carbocycles. The zero-order chi connectivity index (χ0) is 14.1. The maximum absolute atomic E-state index is 12.2. The number of fused-ring (bicyclic) bond motifs is 1. The number of nitrogens with zero attached hydrogens (tertiary/aromatic N) is 1. The number of carbonyl (C=O) groups excluding carboxylic acids is 1. The van der Waals surface area contributed by atoms with Crippen LogP contribution in [0.2, 0.25) is 0 Å². The standard InChI is InChI=1S/C15H14N4O/c1-9-4-5-17-8-14(9)19-15(20)13-7-10-6-11(16)2-3-12(10)18-13/h2-8,18H,16H2,1H3,(H,19,20). The molecule has 5 nitrogen and oxygen atoms in total. The lowest BCUT2D eigenvalue weighted by Crippen LogP contribution is -2.13. The Balaban J connectivity index is 1.91. The van der Waals surface area contributed by atoms with E-state index in [0.717, 1.165) is 16.5 Å². The molecule has 0 atom stereocenters. The van der Waals surface area contributed by atoms with Crippen molar-refractivity contribution < 1.29 is 4.79 Å². The number of nitrogen functional groups attached to an aromatic ring is 1. The monoisotopic (exact) mass is 266 g/mol. The van der Waals surface area contributed by atoms with Crippen LogP contribution in [0.4, 0.5) is 11.4 Å². The van der Waals surface area contributed by atoms with Gasteiger partial charge in [0.2, 0.25) is 0 Å². The Hall–Kier alpha value is -2.82. The van der Waals surface area contributed by atoms with Gasteiger partial charge in [-0.3, -0.25) is 9.78 Å². The number of hydrogen-bond donors (Lipinski definition) is 3. The van der Waals surface area contributed by atoms with E-state index in [0.29, 0.717) is 17.1 Å². The summed E-state index contributed by atoms with van der Waals surface area (Å²) in [6.45, 7) is 1.92. The maximum Gasteiger partial charge on any atom is 0.272 e. The van der Waals surface area contributed by atoms with Crippen molar-refractivity contribution in [2.45, 2.75) is 6.92 Å². The number of hydrogen-bond acceptors (Lipinski definition) is 3. The molecule has 0 spiro atoms. The van der Waals surface area contributed by atoms with Gasteiger partial charge in [0, 0.05) is 22.8 Å². The van der Waals surface area contributed by atoms with Gasteiger partial charge >= 0.3 is 0 Å². The summed E-state index contributed by atoms with van der Waals surface area (Å²) in [4.78, 5) is 19.3. The van der Waals surface area contributed by atoms with E-state index in [2.05, 4.69) is 15.3 Å². The number of benzene rings is 1. The maximum atomic E-state index is 12.2. The van der Waals surface area contributed by atoms with Crippen molar-refractivity contribution in [2.24, 2.45) is 0 Å². The molecule has 2 heterocycles. The highest BCUT2D eigenvalue weighted by atomic mass is 16.1. The molecule has 100 valence electrons. The molecule has 0 fully saturated rings. The van der Waals surface area contributed by atoms with Gasteiger partial charge in [0.15, 0.2) is 0 Å². The summed E-state index contributed by atoms with van der Waals surface area (Å²) >= 11 is 0. The number of anilines is 2. The predicted molar refractivity (Wildman–Crippen MR) is 79.6 cm³/mol. The molecular weight excluding hydrogens is 252 g/mol. The van der Waals surface area contributed by atoms with Crippen LogP contribution in [0.15, 0.2) is 42.7 Å². The van der Waals surface area contributed by atoms with Gasteiger partial charge in [0.25, 0.3) is 5.91 Å². The van der Waals surface area contributed by atoms with Crippen molar-refractivity contribution in [1.29, 1.82) is 0 Å². The Kier molecular flexibility index (Phi) is 2.87. The lowest BCUT2D eigenvalue weighted by molar-refractivity contribution is 0.102. The van der Waals surface area contributed by atoms with Gasteiger partial charge in [-0.05, 0) is 42.8 Å². The molecule has 1 amide bonds. The zero-order valence-electron chi connectivity index (χ0n) is 11.0. The first-order valence-electron chi connectivity index (χ1n) is 6.24. The molecule has 4 N–H and O–H groups in total. The van der Waals surface area contributed by atoms with Crippen LogP contribution >= 0.6 is 0 Å². The third-order valence-corrected chi connectivity index (χ3v) is 3.18. The number of nitrogens with two attached hydrogens (primary N) is 1. The normalized spacial score (nSPS) is 10.7. The first-order valence-corrected chi connectivity index (χ1v) is 6.24. The largest absolute Gasteiger partial charge is 0.399 e. The number of nitrogens with one attached hydrogen (secondary N) is 2. The highest BCUT2D eigenvalue weighted by molar-refractivity contribution is 6.06. The molecule has 0 unspecified atom stereocenters. The topological polar surface area (TPSA) is 83.8 Å². The van der Waals surface area contributed by atoms with Gasteiger partial charge in [-0.25, -0.2) is 0 Å². The van der Waals surface area contributed by atoms with Gasteiger partial charge < -0.3 is 16.0 Å². The molecule has 0 aliphatic carbocycles. The van der Waals surface area contributed by atoms with Gasteiger partial charge in [-0.2, -0.15) is 0 Å². The van der Waals surface area contributed by atoms with Crippen LogP contribution in [0.25, 0.3) is 10.9 Å². The van der Waals surface area contributed by atoms with Crippen LogP contribution in [0.1, 0.15) is 16.1 Å². The van der Waals surface area contributed by atoms with Crippen LogP contribution in [-0.4, -0.2) is 15.9 Å². The van der Waals surface area contributed by atoms with E-state index in [-0.39, 0.29) is 5.91 Å². The first-order chi connectivity index (χ1) is 9.63.